The van der Waals surface area contributed by atoms with Crippen molar-refractivity contribution in [3.63, 3.8) is 0 Å². The Hall–Kier alpha value is -2.75. The molecule has 3 unspecified atom stereocenters. The maximum atomic E-state index is 13.4. The fraction of sp³-hybridized carbons (Fsp3) is 0.516. The summed E-state index contributed by atoms with van der Waals surface area (Å²) in [5, 5.41) is 16.1. The van der Waals surface area contributed by atoms with Gasteiger partial charge in [-0.2, -0.15) is 0 Å². The molecule has 3 amide bonds. The molecule has 2 aromatic carbocycles. The summed E-state index contributed by atoms with van der Waals surface area (Å²) in [7, 11) is 0. The third-order valence-corrected chi connectivity index (χ3v) is 9.07. The van der Waals surface area contributed by atoms with Crippen LogP contribution in [0.25, 0.3) is 0 Å². The number of benzene rings is 2. The number of nitrogens with one attached hydrogen (secondary N) is 3. The lowest BCUT2D eigenvalue weighted by Gasteiger charge is -2.27. The Morgan fingerprint density at radius 1 is 1.05 bits per heavy atom. The number of halogens is 1. The summed E-state index contributed by atoms with van der Waals surface area (Å²) in [5.74, 6) is -0.196. The van der Waals surface area contributed by atoms with Crippen LogP contribution in [0.2, 0.25) is 5.02 Å². The molecule has 0 radical (unpaired) electrons. The van der Waals surface area contributed by atoms with Crippen molar-refractivity contribution in [2.45, 2.75) is 81.7 Å². The molecule has 41 heavy (non-hydrogen) atoms. The zero-order valence-corrected chi connectivity index (χ0v) is 24.8. The van der Waals surface area contributed by atoms with Crippen LogP contribution in [-0.2, 0) is 27.4 Å². The number of aliphatic hydroxyl groups excluding tert-OH is 1. The van der Waals surface area contributed by atoms with Gasteiger partial charge in [-0.25, -0.2) is 4.79 Å². The van der Waals surface area contributed by atoms with E-state index in [0.717, 1.165) is 55.2 Å². The Morgan fingerprint density at radius 2 is 1.80 bits per heavy atom. The molecule has 2 fully saturated rings. The minimum atomic E-state index is -0.637. The van der Waals surface area contributed by atoms with Gasteiger partial charge in [0.15, 0.2) is 0 Å². The van der Waals surface area contributed by atoms with Gasteiger partial charge in [0, 0.05) is 17.0 Å². The summed E-state index contributed by atoms with van der Waals surface area (Å²) in [6.07, 6.45) is 7.33. The molecule has 8 nitrogen and oxygen atoms in total. The average molecular weight is 602 g/mol. The van der Waals surface area contributed by atoms with Crippen LogP contribution in [-0.4, -0.2) is 47.0 Å². The largest absolute Gasteiger partial charge is 0.444 e. The SMILES string of the molecule is O=C(NS[C@@H](CC1CCCCC1)C(=O)NC(CO)CC1CC(Cc2ccccc2)NC1=O)OCc1cccc(Cl)c1. The number of hydrogen-bond acceptors (Lipinski definition) is 6. The maximum Gasteiger partial charge on any atom is 0.417 e. The van der Waals surface area contributed by atoms with Gasteiger partial charge in [0.2, 0.25) is 11.8 Å². The van der Waals surface area contributed by atoms with E-state index in [9.17, 15) is 19.5 Å². The summed E-state index contributed by atoms with van der Waals surface area (Å²) in [6, 6.07) is 16.6. The van der Waals surface area contributed by atoms with Crippen LogP contribution < -0.4 is 15.4 Å². The number of aliphatic hydroxyl groups is 1. The van der Waals surface area contributed by atoms with Crippen LogP contribution in [0, 0.1) is 11.8 Å². The van der Waals surface area contributed by atoms with E-state index < -0.39 is 17.4 Å². The lowest BCUT2D eigenvalue weighted by Crippen LogP contribution is -2.45. The van der Waals surface area contributed by atoms with Gasteiger partial charge in [0.25, 0.3) is 0 Å². The molecule has 0 aromatic heterocycles. The van der Waals surface area contributed by atoms with Crippen LogP contribution >= 0.6 is 23.5 Å². The van der Waals surface area contributed by atoms with Gasteiger partial charge in [-0.15, -0.1) is 0 Å². The first-order valence-corrected chi connectivity index (χ1v) is 15.7. The van der Waals surface area contributed by atoms with Crippen molar-refractivity contribution >= 4 is 41.5 Å². The van der Waals surface area contributed by atoms with E-state index >= 15 is 0 Å². The summed E-state index contributed by atoms with van der Waals surface area (Å²) in [6.45, 7) is -0.206. The molecule has 0 bridgehead atoms. The number of carbonyl (C=O) groups is 3. The second-order valence-electron chi connectivity index (χ2n) is 11.1. The summed E-state index contributed by atoms with van der Waals surface area (Å²) in [4.78, 5) is 38.5. The third kappa shape index (κ3) is 10.2. The van der Waals surface area contributed by atoms with Gasteiger partial charge in [0.05, 0.1) is 12.6 Å². The van der Waals surface area contributed by atoms with E-state index in [2.05, 4.69) is 15.4 Å². The van der Waals surface area contributed by atoms with E-state index in [0.29, 0.717) is 30.2 Å². The normalized spacial score (nSPS) is 20.6. The first kappa shape index (κ1) is 31.2. The molecule has 4 rings (SSSR count). The van der Waals surface area contributed by atoms with Crippen LogP contribution in [0.5, 0.6) is 0 Å². The lowest BCUT2D eigenvalue weighted by atomic mass is 9.86. The van der Waals surface area contributed by atoms with E-state index in [-0.39, 0.29) is 37.0 Å². The van der Waals surface area contributed by atoms with Crippen LogP contribution in [0.1, 0.15) is 62.5 Å². The Bertz CT molecular complexity index is 1150. The fourth-order valence-electron chi connectivity index (χ4n) is 5.74. The van der Waals surface area contributed by atoms with Crippen LogP contribution in [0.15, 0.2) is 54.6 Å². The Labute approximate surface area is 251 Å². The quantitative estimate of drug-likeness (QED) is 0.235. The zero-order valence-electron chi connectivity index (χ0n) is 23.2. The molecule has 1 heterocycles. The smallest absolute Gasteiger partial charge is 0.417 e. The first-order chi connectivity index (χ1) is 19.9. The van der Waals surface area contributed by atoms with Crippen LogP contribution in [0.3, 0.4) is 0 Å². The number of ether oxygens (including phenoxy) is 1. The Morgan fingerprint density at radius 3 is 2.54 bits per heavy atom. The molecule has 4 N–H and O–H groups in total. The van der Waals surface area contributed by atoms with Gasteiger partial charge < -0.3 is 20.5 Å². The zero-order chi connectivity index (χ0) is 29.0. The summed E-state index contributed by atoms with van der Waals surface area (Å²) < 4.78 is 7.99. The molecule has 1 saturated carbocycles. The highest BCUT2D eigenvalue weighted by Crippen LogP contribution is 2.31. The molecule has 1 saturated heterocycles. The number of hydrogen-bond donors (Lipinski definition) is 4. The van der Waals surface area contributed by atoms with Gasteiger partial charge >= 0.3 is 6.09 Å². The van der Waals surface area contributed by atoms with Crippen molar-refractivity contribution in [3.05, 3.63) is 70.7 Å². The van der Waals surface area contributed by atoms with Crippen molar-refractivity contribution in [3.8, 4) is 0 Å². The number of amides is 3. The van der Waals surface area contributed by atoms with E-state index in [1.165, 1.54) is 6.42 Å². The fourth-order valence-corrected chi connectivity index (χ4v) is 6.79. The molecule has 222 valence electrons. The topological polar surface area (TPSA) is 117 Å². The second-order valence-corrected chi connectivity index (χ2v) is 12.6. The highest BCUT2D eigenvalue weighted by atomic mass is 35.5. The molecular formula is C31H40ClN3O5S. The van der Waals surface area contributed by atoms with E-state index in [1.807, 2.05) is 36.4 Å². The van der Waals surface area contributed by atoms with Gasteiger partial charge in [0.1, 0.15) is 11.9 Å². The average Bonchev–Trinajstić information content (AvgIpc) is 3.32. The Kier molecular flexibility index (Phi) is 12.2. The maximum absolute atomic E-state index is 13.4. The highest BCUT2D eigenvalue weighted by molar-refractivity contribution is 7.99. The standard InChI is InChI=1S/C31H40ClN3O5S/c32-25-13-7-12-23(14-25)20-40-31(39)35-41-28(16-22-10-5-2-6-11-22)30(38)34-27(19-36)18-24-17-26(33-29(24)37)15-21-8-3-1-4-9-21/h1,3-4,7-9,12-14,22,24,26-28,36H,2,5-6,10-11,15-20H2,(H,33,37)(H,34,38)(H,35,39)/t24?,26?,27?,28-/m0/s1. The predicted octanol–water partition coefficient (Wildman–Crippen LogP) is 5.17. The number of rotatable bonds is 13. The van der Waals surface area contributed by atoms with Crippen molar-refractivity contribution in [2.75, 3.05) is 6.61 Å². The molecular weight excluding hydrogens is 562 g/mol. The molecule has 2 aliphatic rings. The van der Waals surface area contributed by atoms with Crippen molar-refractivity contribution in [2.24, 2.45) is 11.8 Å². The second kappa shape index (κ2) is 16.0. The van der Waals surface area contributed by atoms with Crippen molar-refractivity contribution in [1.29, 1.82) is 0 Å². The highest BCUT2D eigenvalue weighted by Gasteiger charge is 2.35. The minimum absolute atomic E-state index is 0.0293. The summed E-state index contributed by atoms with van der Waals surface area (Å²) >= 11 is 7.04. The Balaban J connectivity index is 1.30. The van der Waals surface area contributed by atoms with Gasteiger partial charge in [-0.3, -0.25) is 14.3 Å². The predicted molar refractivity (Wildman–Crippen MR) is 161 cm³/mol. The third-order valence-electron chi connectivity index (χ3n) is 7.86. The van der Waals surface area contributed by atoms with E-state index in [4.69, 9.17) is 16.3 Å². The molecule has 1 aliphatic carbocycles. The molecule has 0 spiro atoms. The van der Waals surface area contributed by atoms with Crippen LogP contribution in [0.4, 0.5) is 4.79 Å². The summed E-state index contributed by atoms with van der Waals surface area (Å²) in [5.41, 5.74) is 1.92. The monoisotopic (exact) mass is 601 g/mol. The van der Waals surface area contributed by atoms with Crippen molar-refractivity contribution in [1.82, 2.24) is 15.4 Å². The lowest BCUT2D eigenvalue weighted by molar-refractivity contribution is -0.125. The van der Waals surface area contributed by atoms with Gasteiger partial charge in [-0.05, 0) is 66.8 Å². The first-order valence-electron chi connectivity index (χ1n) is 14.5. The van der Waals surface area contributed by atoms with E-state index in [1.54, 1.807) is 18.2 Å². The van der Waals surface area contributed by atoms with Gasteiger partial charge in [-0.1, -0.05) is 86.2 Å². The molecule has 4 atom stereocenters. The molecule has 2 aromatic rings. The molecule has 1 aliphatic heterocycles. The van der Waals surface area contributed by atoms with Crippen molar-refractivity contribution < 1.29 is 24.2 Å². The minimum Gasteiger partial charge on any atom is -0.444 e. The number of carbonyl (C=O) groups excluding carboxylic acids is 3. The molecule has 10 heteroatoms.